The third-order valence-electron chi connectivity index (χ3n) is 8.82. The lowest BCUT2D eigenvalue weighted by Gasteiger charge is -2.30. The number of hydrogen-bond acceptors (Lipinski definition) is 11. The molecule has 1 saturated carbocycles. The van der Waals surface area contributed by atoms with E-state index in [-0.39, 0.29) is 17.8 Å². The maximum atomic E-state index is 14.4. The summed E-state index contributed by atoms with van der Waals surface area (Å²) in [6, 6.07) is 7.48. The van der Waals surface area contributed by atoms with Gasteiger partial charge < -0.3 is 29.6 Å². The lowest BCUT2D eigenvalue weighted by Crippen LogP contribution is -2.42. The lowest BCUT2D eigenvalue weighted by molar-refractivity contribution is -0.153. The van der Waals surface area contributed by atoms with E-state index in [9.17, 15) is 19.6 Å². The lowest BCUT2D eigenvalue weighted by atomic mass is 9.96. The third kappa shape index (κ3) is 7.78. The van der Waals surface area contributed by atoms with Gasteiger partial charge in [0.2, 0.25) is 0 Å². The largest absolute Gasteiger partial charge is 0.461 e. The summed E-state index contributed by atoms with van der Waals surface area (Å²) in [4.78, 5) is 22.2. The zero-order valence-corrected chi connectivity index (χ0v) is 27.6. The third-order valence-corrected chi connectivity index (χ3v) is 10.5. The predicted octanol–water partition coefficient (Wildman–Crippen LogP) is 5.23. The molecule has 0 amide bonds. The van der Waals surface area contributed by atoms with Gasteiger partial charge in [-0.25, -0.2) is 14.5 Å². The van der Waals surface area contributed by atoms with Crippen LogP contribution in [0.3, 0.4) is 0 Å². The van der Waals surface area contributed by atoms with Crippen LogP contribution < -0.4 is 9.61 Å². The smallest absolute Gasteiger partial charge is 0.459 e. The van der Waals surface area contributed by atoms with Gasteiger partial charge in [0, 0.05) is 12.1 Å². The summed E-state index contributed by atoms with van der Waals surface area (Å²) in [5.74, 6) is 0.0492. The summed E-state index contributed by atoms with van der Waals surface area (Å²) in [6.45, 7) is 5.46. The molecule has 0 radical (unpaired) electrons. The van der Waals surface area contributed by atoms with Gasteiger partial charge in [0.15, 0.2) is 12.0 Å². The second kappa shape index (κ2) is 15.3. The minimum absolute atomic E-state index is 0.0303. The number of hydrogen-bond donors (Lipinski definition) is 4. The molecule has 252 valence electrons. The number of esters is 1. The molecule has 1 saturated heterocycles. The first-order chi connectivity index (χ1) is 22.1. The molecule has 8 atom stereocenters. The summed E-state index contributed by atoms with van der Waals surface area (Å²) in [7, 11) is -4.31. The Kier molecular flexibility index (Phi) is 11.5. The fourth-order valence-electron chi connectivity index (χ4n) is 6.23. The Bertz CT molecular complexity index is 1410. The number of nitrogens with one attached hydrogen (secondary N) is 2. The van der Waals surface area contributed by atoms with Gasteiger partial charge in [-0.3, -0.25) is 13.9 Å². The van der Waals surface area contributed by atoms with Crippen LogP contribution in [0.4, 0.5) is 5.82 Å². The minimum Gasteiger partial charge on any atom is -0.461 e. The highest BCUT2D eigenvalue weighted by atomic mass is 31.2. The van der Waals surface area contributed by atoms with Crippen molar-refractivity contribution >= 4 is 31.5 Å². The first-order valence-corrected chi connectivity index (χ1v) is 17.9. The highest BCUT2D eigenvalue weighted by Crippen LogP contribution is 2.48. The van der Waals surface area contributed by atoms with E-state index in [0.717, 1.165) is 38.5 Å². The van der Waals surface area contributed by atoms with Gasteiger partial charge in [-0.2, -0.15) is 5.09 Å². The predicted molar refractivity (Wildman–Crippen MR) is 172 cm³/mol. The first-order valence-electron chi connectivity index (χ1n) is 16.3. The summed E-state index contributed by atoms with van der Waals surface area (Å²) < 4.78 is 39.8. The van der Waals surface area contributed by atoms with Crippen molar-refractivity contribution in [3.05, 3.63) is 42.4 Å². The highest BCUT2D eigenvalue weighted by molar-refractivity contribution is 7.52. The SMILES string of the molecule is CCCC(NP(=O)(Oc1ccccc1)OC(C)C1OC(n2cnc3c2N=CCC(CC)C3=N)C(O)C1O)C(=O)OC1CCCCC1. The van der Waals surface area contributed by atoms with Gasteiger partial charge in [0.05, 0.1) is 18.1 Å². The summed E-state index contributed by atoms with van der Waals surface area (Å²) >= 11 is 0. The number of ether oxygens (including phenoxy) is 2. The molecule has 8 unspecified atom stereocenters. The van der Waals surface area contributed by atoms with E-state index >= 15 is 0 Å². The van der Waals surface area contributed by atoms with Crippen LogP contribution in [-0.4, -0.2) is 74.2 Å². The number of imidazole rings is 1. The van der Waals surface area contributed by atoms with E-state index in [4.69, 9.17) is 23.9 Å². The van der Waals surface area contributed by atoms with Crippen molar-refractivity contribution in [2.75, 3.05) is 0 Å². The van der Waals surface area contributed by atoms with Gasteiger partial charge in [-0.05, 0) is 64.0 Å². The summed E-state index contributed by atoms with van der Waals surface area (Å²) in [5.41, 5.74) is 0.745. The van der Waals surface area contributed by atoms with Crippen LogP contribution in [0.15, 0.2) is 41.7 Å². The Balaban J connectivity index is 1.35. The molecular formula is C32H46N5O8P. The van der Waals surface area contributed by atoms with Crippen LogP contribution in [0.2, 0.25) is 0 Å². The molecule has 4 N–H and O–H groups in total. The molecule has 46 heavy (non-hydrogen) atoms. The quantitative estimate of drug-likeness (QED) is 0.164. The van der Waals surface area contributed by atoms with E-state index in [2.05, 4.69) is 15.1 Å². The number of aliphatic imine (C=N–C) groups is 1. The molecule has 1 aromatic heterocycles. The molecule has 14 heteroatoms. The van der Waals surface area contributed by atoms with Crippen LogP contribution >= 0.6 is 7.75 Å². The zero-order valence-electron chi connectivity index (χ0n) is 26.7. The molecule has 13 nitrogen and oxygen atoms in total. The van der Waals surface area contributed by atoms with Gasteiger partial charge >= 0.3 is 13.7 Å². The number of carbonyl (C=O) groups is 1. The number of fused-ring (bicyclic) bond motifs is 1. The van der Waals surface area contributed by atoms with E-state index < -0.39 is 50.4 Å². The van der Waals surface area contributed by atoms with Crippen molar-refractivity contribution in [2.45, 2.75) is 121 Å². The standard InChI is InChI=1S/C32H46N5O8P/c1-4-12-24(32(40)42-22-13-8-6-9-14-22)36-46(41,45-23-15-10-7-11-16-23)44-20(3)29-27(38)28(39)31(43-29)37-19-35-26-25(33)21(5-2)17-18-34-30(26)37/h7,10-11,15-16,18-22,24,27-29,31,33,38-39H,4-6,8-9,12-14,17H2,1-3H3,(H,36,41). The molecule has 0 spiro atoms. The number of carbonyl (C=O) groups excluding carboxylic acids is 1. The van der Waals surface area contributed by atoms with Crippen molar-refractivity contribution in [3.8, 4) is 5.75 Å². The van der Waals surface area contributed by atoms with Gasteiger partial charge in [0.1, 0.15) is 41.9 Å². The van der Waals surface area contributed by atoms with Crippen molar-refractivity contribution < 1.29 is 38.1 Å². The molecule has 5 rings (SSSR count). The second-order valence-electron chi connectivity index (χ2n) is 12.2. The van der Waals surface area contributed by atoms with E-state index in [1.807, 2.05) is 13.8 Å². The molecule has 1 aromatic carbocycles. The molecule has 2 fully saturated rings. The van der Waals surface area contributed by atoms with E-state index in [0.29, 0.717) is 36.5 Å². The van der Waals surface area contributed by atoms with Crippen LogP contribution in [0.5, 0.6) is 5.75 Å². The molecule has 2 aromatic rings. The Morgan fingerprint density at radius 2 is 1.91 bits per heavy atom. The topological polar surface area (TPSA) is 178 Å². The second-order valence-corrected chi connectivity index (χ2v) is 13.9. The molecule has 0 bridgehead atoms. The number of aliphatic hydroxyl groups is 2. The summed E-state index contributed by atoms with van der Waals surface area (Å²) in [5, 5.41) is 33.7. The number of benzene rings is 1. The van der Waals surface area contributed by atoms with Crippen molar-refractivity contribution in [3.63, 3.8) is 0 Å². The molecule has 3 aliphatic rings. The van der Waals surface area contributed by atoms with Crippen molar-refractivity contribution in [2.24, 2.45) is 10.9 Å². The van der Waals surface area contributed by atoms with E-state index in [1.165, 1.54) is 10.9 Å². The molecular weight excluding hydrogens is 613 g/mol. The molecule has 2 aliphatic heterocycles. The van der Waals surface area contributed by atoms with Crippen LogP contribution in [0.25, 0.3) is 0 Å². The number of nitrogens with zero attached hydrogens (tertiary/aromatic N) is 3. The van der Waals surface area contributed by atoms with Gasteiger partial charge in [-0.15, -0.1) is 0 Å². The van der Waals surface area contributed by atoms with Gasteiger partial charge in [0.25, 0.3) is 0 Å². The molecule has 1 aliphatic carbocycles. The number of aromatic nitrogens is 2. The Morgan fingerprint density at radius 1 is 1.17 bits per heavy atom. The molecule has 3 heterocycles. The van der Waals surface area contributed by atoms with Crippen LogP contribution in [0, 0.1) is 11.3 Å². The van der Waals surface area contributed by atoms with Crippen LogP contribution in [0.1, 0.15) is 90.5 Å². The maximum absolute atomic E-state index is 14.4. The maximum Gasteiger partial charge on any atom is 0.459 e. The number of rotatable bonds is 13. The van der Waals surface area contributed by atoms with Crippen LogP contribution in [-0.2, 0) is 23.4 Å². The number of para-hydroxylation sites is 1. The van der Waals surface area contributed by atoms with Crippen molar-refractivity contribution in [1.29, 1.82) is 5.41 Å². The monoisotopic (exact) mass is 659 g/mol. The van der Waals surface area contributed by atoms with Crippen molar-refractivity contribution in [1.82, 2.24) is 14.6 Å². The van der Waals surface area contributed by atoms with Gasteiger partial charge in [-0.1, -0.05) is 44.9 Å². The Labute approximate surface area is 269 Å². The highest BCUT2D eigenvalue weighted by Gasteiger charge is 2.49. The Hall–Kier alpha value is -2.93. The fourth-order valence-corrected chi connectivity index (χ4v) is 7.96. The summed E-state index contributed by atoms with van der Waals surface area (Å²) in [6.07, 6.45) is 3.74. The average Bonchev–Trinajstić information content (AvgIpc) is 3.54. The average molecular weight is 660 g/mol. The minimum atomic E-state index is -4.31. The van der Waals surface area contributed by atoms with E-state index in [1.54, 1.807) is 43.5 Å². The first kappa shape index (κ1) is 34.4. The number of aliphatic hydroxyl groups excluding tert-OH is 2. The Morgan fingerprint density at radius 3 is 2.61 bits per heavy atom. The fraction of sp³-hybridized carbons (Fsp3) is 0.625. The zero-order chi connectivity index (χ0) is 32.8. The normalized spacial score (nSPS) is 27.8.